The van der Waals surface area contributed by atoms with Crippen molar-refractivity contribution in [1.29, 1.82) is 0 Å². The number of carbonyl (C=O) groups is 1. The predicted molar refractivity (Wildman–Crippen MR) is 68.3 cm³/mol. The molecule has 0 radical (unpaired) electrons. The van der Waals surface area contributed by atoms with Gasteiger partial charge in [0, 0.05) is 20.1 Å². The molecule has 2 rings (SSSR count). The third kappa shape index (κ3) is 2.20. The van der Waals surface area contributed by atoms with Gasteiger partial charge in [0.15, 0.2) is 0 Å². The molecule has 1 aliphatic heterocycles. The van der Waals surface area contributed by atoms with Crippen LogP contribution < -0.4 is 5.73 Å². The molecule has 100 valence electrons. The van der Waals surface area contributed by atoms with E-state index in [1.165, 1.54) is 0 Å². The van der Waals surface area contributed by atoms with E-state index in [1.807, 2.05) is 13.8 Å². The molecule has 1 saturated heterocycles. The molecular formula is C12H20N4O2. The van der Waals surface area contributed by atoms with Gasteiger partial charge in [-0.25, -0.2) is 0 Å². The zero-order valence-corrected chi connectivity index (χ0v) is 11.1. The molecule has 2 N–H and O–H groups in total. The maximum absolute atomic E-state index is 12.4. The van der Waals surface area contributed by atoms with Crippen LogP contribution in [0.2, 0.25) is 0 Å². The molecule has 18 heavy (non-hydrogen) atoms. The lowest BCUT2D eigenvalue weighted by Gasteiger charge is -2.31. The van der Waals surface area contributed by atoms with Crippen LogP contribution in [0.4, 0.5) is 5.69 Å². The number of amides is 1. The van der Waals surface area contributed by atoms with Crippen molar-refractivity contribution in [1.82, 2.24) is 14.7 Å². The van der Waals surface area contributed by atoms with Crippen LogP contribution in [0.1, 0.15) is 30.0 Å². The average molecular weight is 252 g/mol. The predicted octanol–water partition coefficient (Wildman–Crippen LogP) is 0.426. The molecule has 1 fully saturated rings. The van der Waals surface area contributed by atoms with E-state index in [9.17, 15) is 4.79 Å². The first-order valence-electron chi connectivity index (χ1n) is 6.26. The van der Waals surface area contributed by atoms with Crippen LogP contribution >= 0.6 is 0 Å². The van der Waals surface area contributed by atoms with E-state index in [1.54, 1.807) is 16.6 Å². The monoisotopic (exact) mass is 252 g/mol. The smallest absolute Gasteiger partial charge is 0.274 e. The molecule has 0 spiro atoms. The Bertz CT molecular complexity index is 455. The number of nitrogens with zero attached hydrogens (tertiary/aromatic N) is 3. The first-order chi connectivity index (χ1) is 8.54. The minimum Gasteiger partial charge on any atom is -0.395 e. The van der Waals surface area contributed by atoms with Crippen molar-refractivity contribution in [2.24, 2.45) is 7.05 Å². The standard InChI is InChI=1S/C12H20N4O2/c1-4-9-10(13)11(15(3)14-9)12(17)16-5-6-18-8(2)7-16/h8H,4-7,13H2,1-3H3. The third-order valence-corrected chi connectivity index (χ3v) is 3.23. The van der Waals surface area contributed by atoms with Gasteiger partial charge in [0.1, 0.15) is 5.69 Å². The summed E-state index contributed by atoms with van der Waals surface area (Å²) in [5.41, 5.74) is 7.77. The van der Waals surface area contributed by atoms with Gasteiger partial charge in [-0.2, -0.15) is 5.10 Å². The fourth-order valence-electron chi connectivity index (χ4n) is 2.26. The van der Waals surface area contributed by atoms with E-state index < -0.39 is 0 Å². The number of rotatable bonds is 2. The Labute approximate surface area is 107 Å². The summed E-state index contributed by atoms with van der Waals surface area (Å²) < 4.78 is 7.01. The summed E-state index contributed by atoms with van der Waals surface area (Å²) in [5.74, 6) is -0.0580. The lowest BCUT2D eigenvalue weighted by Crippen LogP contribution is -2.45. The van der Waals surface area contributed by atoms with Crippen molar-refractivity contribution in [2.45, 2.75) is 26.4 Å². The summed E-state index contributed by atoms with van der Waals surface area (Å²) >= 11 is 0. The Kier molecular flexibility index (Phi) is 3.56. The van der Waals surface area contributed by atoms with Crippen LogP contribution in [-0.4, -0.2) is 46.4 Å². The molecule has 1 aromatic rings. The van der Waals surface area contributed by atoms with E-state index in [4.69, 9.17) is 10.5 Å². The highest BCUT2D eigenvalue weighted by Crippen LogP contribution is 2.20. The van der Waals surface area contributed by atoms with E-state index >= 15 is 0 Å². The summed E-state index contributed by atoms with van der Waals surface area (Å²) in [4.78, 5) is 14.2. The molecule has 2 heterocycles. The summed E-state index contributed by atoms with van der Waals surface area (Å²) in [6.45, 7) is 5.72. The zero-order valence-electron chi connectivity index (χ0n) is 11.1. The third-order valence-electron chi connectivity index (χ3n) is 3.23. The van der Waals surface area contributed by atoms with Gasteiger partial charge in [-0.1, -0.05) is 6.92 Å². The quantitative estimate of drug-likeness (QED) is 0.828. The van der Waals surface area contributed by atoms with E-state index in [2.05, 4.69) is 5.10 Å². The van der Waals surface area contributed by atoms with E-state index in [0.717, 1.165) is 12.1 Å². The Hall–Kier alpha value is -1.56. The van der Waals surface area contributed by atoms with Gasteiger partial charge in [-0.3, -0.25) is 9.48 Å². The number of anilines is 1. The lowest BCUT2D eigenvalue weighted by atomic mass is 10.2. The van der Waals surface area contributed by atoms with Gasteiger partial charge < -0.3 is 15.4 Å². The molecule has 1 amide bonds. The van der Waals surface area contributed by atoms with E-state index in [-0.39, 0.29) is 12.0 Å². The van der Waals surface area contributed by atoms with Gasteiger partial charge in [0.05, 0.1) is 24.1 Å². The number of ether oxygens (including phenoxy) is 1. The van der Waals surface area contributed by atoms with Crippen molar-refractivity contribution in [2.75, 3.05) is 25.4 Å². The van der Waals surface area contributed by atoms with Crippen LogP contribution in [-0.2, 0) is 18.2 Å². The summed E-state index contributed by atoms with van der Waals surface area (Å²) in [6, 6.07) is 0. The Morgan fingerprint density at radius 1 is 1.61 bits per heavy atom. The molecular weight excluding hydrogens is 232 g/mol. The maximum Gasteiger partial charge on any atom is 0.274 e. The van der Waals surface area contributed by atoms with Crippen LogP contribution in [0.15, 0.2) is 0 Å². The Morgan fingerprint density at radius 3 is 2.89 bits per heavy atom. The van der Waals surface area contributed by atoms with Crippen LogP contribution in [0.5, 0.6) is 0 Å². The molecule has 1 aliphatic rings. The molecule has 1 atom stereocenters. The summed E-state index contributed by atoms with van der Waals surface area (Å²) in [6.07, 6.45) is 0.801. The second kappa shape index (κ2) is 4.97. The highest BCUT2D eigenvalue weighted by molar-refractivity contribution is 5.98. The molecule has 0 bridgehead atoms. The molecule has 1 aromatic heterocycles. The molecule has 0 aliphatic carbocycles. The largest absolute Gasteiger partial charge is 0.395 e. The molecule has 0 aromatic carbocycles. The first kappa shape index (κ1) is 12.9. The number of nitrogens with two attached hydrogens (primary N) is 1. The Morgan fingerprint density at radius 2 is 2.33 bits per heavy atom. The average Bonchev–Trinajstić information content (AvgIpc) is 2.63. The molecule has 0 saturated carbocycles. The van der Waals surface area contributed by atoms with Crippen molar-refractivity contribution in [3.8, 4) is 0 Å². The van der Waals surface area contributed by atoms with Crippen molar-refractivity contribution in [3.63, 3.8) is 0 Å². The fraction of sp³-hybridized carbons (Fsp3) is 0.667. The van der Waals surface area contributed by atoms with Crippen LogP contribution in [0.25, 0.3) is 0 Å². The highest BCUT2D eigenvalue weighted by Gasteiger charge is 2.27. The number of morpholine rings is 1. The van der Waals surface area contributed by atoms with Crippen LogP contribution in [0, 0.1) is 0 Å². The molecule has 6 nitrogen and oxygen atoms in total. The minimum atomic E-state index is -0.0580. The second-order valence-electron chi connectivity index (χ2n) is 4.62. The number of hydrogen-bond acceptors (Lipinski definition) is 4. The number of hydrogen-bond donors (Lipinski definition) is 1. The fourth-order valence-corrected chi connectivity index (χ4v) is 2.26. The SMILES string of the molecule is CCc1nn(C)c(C(=O)N2CCOC(C)C2)c1N. The number of nitrogen functional groups attached to an aromatic ring is 1. The zero-order chi connectivity index (χ0) is 13.3. The van der Waals surface area contributed by atoms with Gasteiger partial charge >= 0.3 is 0 Å². The Balaban J connectivity index is 2.25. The number of aromatic nitrogens is 2. The molecule has 6 heteroatoms. The van der Waals surface area contributed by atoms with Gasteiger partial charge in [-0.05, 0) is 13.3 Å². The summed E-state index contributed by atoms with van der Waals surface area (Å²) in [7, 11) is 1.76. The van der Waals surface area contributed by atoms with Crippen molar-refractivity contribution in [3.05, 3.63) is 11.4 Å². The summed E-state index contributed by atoms with van der Waals surface area (Å²) in [5, 5.41) is 4.28. The van der Waals surface area contributed by atoms with Crippen molar-refractivity contribution >= 4 is 11.6 Å². The maximum atomic E-state index is 12.4. The number of carbonyl (C=O) groups excluding carboxylic acids is 1. The van der Waals surface area contributed by atoms with Gasteiger partial charge in [0.25, 0.3) is 5.91 Å². The first-order valence-corrected chi connectivity index (χ1v) is 6.26. The molecule has 1 unspecified atom stereocenters. The van der Waals surface area contributed by atoms with Crippen LogP contribution in [0.3, 0.4) is 0 Å². The normalized spacial score (nSPS) is 20.2. The van der Waals surface area contributed by atoms with Gasteiger partial charge in [-0.15, -0.1) is 0 Å². The van der Waals surface area contributed by atoms with E-state index in [0.29, 0.717) is 31.1 Å². The number of aryl methyl sites for hydroxylation is 2. The van der Waals surface area contributed by atoms with Crippen molar-refractivity contribution < 1.29 is 9.53 Å². The highest BCUT2D eigenvalue weighted by atomic mass is 16.5. The topological polar surface area (TPSA) is 73.4 Å². The van der Waals surface area contributed by atoms with Gasteiger partial charge in [0.2, 0.25) is 0 Å². The minimum absolute atomic E-state index is 0.0580. The second-order valence-corrected chi connectivity index (χ2v) is 4.62. The lowest BCUT2D eigenvalue weighted by molar-refractivity contribution is -0.0127.